The highest BCUT2D eigenvalue weighted by atomic mass is 32.2. The van der Waals surface area contributed by atoms with Crippen molar-refractivity contribution in [2.45, 2.75) is 4.90 Å². The number of carbonyl (C=O) groups is 1. The van der Waals surface area contributed by atoms with E-state index in [9.17, 15) is 17.6 Å². The SMILES string of the molecule is CN(C)S(=O)(=O)c1cccc(-c2cnc3[nH]cc(-c4cccc(F)c4C=O)c3c2)c1. The Balaban J connectivity index is 1.88. The maximum absolute atomic E-state index is 14.1. The number of pyridine rings is 1. The summed E-state index contributed by atoms with van der Waals surface area (Å²) in [4.78, 5) is 19.0. The number of nitrogens with one attached hydrogen (secondary N) is 1. The fourth-order valence-electron chi connectivity index (χ4n) is 3.32. The fourth-order valence-corrected chi connectivity index (χ4v) is 4.27. The van der Waals surface area contributed by atoms with Gasteiger partial charge in [0.2, 0.25) is 10.0 Å². The van der Waals surface area contributed by atoms with E-state index in [1.807, 2.05) is 6.07 Å². The number of aromatic amines is 1. The number of sulfonamides is 1. The Bertz CT molecular complexity index is 1380. The van der Waals surface area contributed by atoms with Crippen molar-refractivity contribution < 1.29 is 17.6 Å². The van der Waals surface area contributed by atoms with E-state index in [1.54, 1.807) is 42.7 Å². The van der Waals surface area contributed by atoms with Gasteiger partial charge in [0.05, 0.1) is 10.5 Å². The van der Waals surface area contributed by atoms with Gasteiger partial charge in [0.15, 0.2) is 6.29 Å². The van der Waals surface area contributed by atoms with Crippen molar-refractivity contribution in [3.8, 4) is 22.3 Å². The average molecular weight is 423 g/mol. The number of benzene rings is 2. The molecule has 0 saturated carbocycles. The monoisotopic (exact) mass is 423 g/mol. The largest absolute Gasteiger partial charge is 0.346 e. The number of rotatable bonds is 5. The summed E-state index contributed by atoms with van der Waals surface area (Å²) in [5.74, 6) is -0.595. The molecule has 152 valence electrons. The van der Waals surface area contributed by atoms with Crippen LogP contribution < -0.4 is 0 Å². The zero-order valence-corrected chi connectivity index (χ0v) is 17.1. The number of fused-ring (bicyclic) bond motifs is 1. The summed E-state index contributed by atoms with van der Waals surface area (Å²) in [6.45, 7) is 0. The Morgan fingerprint density at radius 3 is 2.53 bits per heavy atom. The van der Waals surface area contributed by atoms with Crippen molar-refractivity contribution in [3.63, 3.8) is 0 Å². The highest BCUT2D eigenvalue weighted by molar-refractivity contribution is 7.89. The molecule has 0 aliphatic carbocycles. The molecule has 2 aromatic heterocycles. The Kier molecular flexibility index (Phi) is 4.97. The number of aldehydes is 1. The number of H-pyrrole nitrogens is 1. The van der Waals surface area contributed by atoms with Crippen LogP contribution in [0.3, 0.4) is 0 Å². The standard InChI is InChI=1S/C22H18FN3O3S/c1-26(2)30(28,29)16-6-3-5-14(9-16)15-10-18-19(12-25-22(18)24-11-15)17-7-4-8-21(23)20(17)13-27/h3-13H,1-2H3,(H,24,25). The minimum absolute atomic E-state index is 0.0251. The van der Waals surface area contributed by atoms with Crippen LogP contribution >= 0.6 is 0 Å². The van der Waals surface area contributed by atoms with Gasteiger partial charge in [-0.1, -0.05) is 24.3 Å². The van der Waals surface area contributed by atoms with Crippen LogP contribution in [0.25, 0.3) is 33.3 Å². The molecule has 0 unspecified atom stereocenters. The molecule has 0 fully saturated rings. The fraction of sp³-hybridized carbons (Fsp3) is 0.0909. The number of hydrogen-bond donors (Lipinski definition) is 1. The van der Waals surface area contributed by atoms with E-state index in [4.69, 9.17) is 0 Å². The number of carbonyl (C=O) groups excluding carboxylic acids is 1. The third kappa shape index (κ3) is 3.30. The van der Waals surface area contributed by atoms with E-state index < -0.39 is 15.8 Å². The first-order valence-electron chi connectivity index (χ1n) is 9.07. The molecule has 0 bridgehead atoms. The van der Waals surface area contributed by atoms with Crippen LogP contribution in [0.2, 0.25) is 0 Å². The molecule has 2 aromatic carbocycles. The van der Waals surface area contributed by atoms with Crippen LogP contribution in [-0.2, 0) is 10.0 Å². The minimum atomic E-state index is -3.58. The van der Waals surface area contributed by atoms with E-state index >= 15 is 0 Å². The molecule has 0 aliphatic rings. The van der Waals surface area contributed by atoms with Crippen LogP contribution in [0.15, 0.2) is 65.8 Å². The molecule has 0 spiro atoms. The van der Waals surface area contributed by atoms with Crippen molar-refractivity contribution in [1.29, 1.82) is 0 Å². The predicted octanol–water partition coefficient (Wildman–Crippen LogP) is 4.10. The third-order valence-electron chi connectivity index (χ3n) is 4.94. The van der Waals surface area contributed by atoms with E-state index in [1.165, 1.54) is 26.2 Å². The Morgan fingerprint density at radius 2 is 1.80 bits per heavy atom. The van der Waals surface area contributed by atoms with Crippen LogP contribution in [0.5, 0.6) is 0 Å². The van der Waals surface area contributed by atoms with Gasteiger partial charge in [-0.15, -0.1) is 0 Å². The number of aromatic nitrogens is 2. The number of hydrogen-bond acceptors (Lipinski definition) is 4. The molecule has 2 heterocycles. The molecule has 1 N–H and O–H groups in total. The summed E-state index contributed by atoms with van der Waals surface area (Å²) < 4.78 is 40.2. The molecule has 6 nitrogen and oxygen atoms in total. The van der Waals surface area contributed by atoms with Crippen molar-refractivity contribution in [3.05, 3.63) is 72.3 Å². The second-order valence-corrected chi connectivity index (χ2v) is 9.11. The first-order valence-corrected chi connectivity index (χ1v) is 10.5. The van der Waals surface area contributed by atoms with Gasteiger partial charge < -0.3 is 4.98 Å². The average Bonchev–Trinajstić information content (AvgIpc) is 3.16. The molecule has 0 radical (unpaired) electrons. The van der Waals surface area contributed by atoms with Gasteiger partial charge in [0, 0.05) is 43.0 Å². The molecular formula is C22H18FN3O3S. The summed E-state index contributed by atoms with van der Waals surface area (Å²) in [6, 6.07) is 12.9. The van der Waals surface area contributed by atoms with Gasteiger partial charge >= 0.3 is 0 Å². The van der Waals surface area contributed by atoms with Crippen molar-refractivity contribution in [2.24, 2.45) is 0 Å². The normalized spacial score (nSPS) is 11.9. The van der Waals surface area contributed by atoms with Crippen LogP contribution in [0.4, 0.5) is 4.39 Å². The highest BCUT2D eigenvalue weighted by Crippen LogP contribution is 2.33. The van der Waals surface area contributed by atoms with Gasteiger partial charge in [-0.25, -0.2) is 22.1 Å². The molecule has 0 saturated heterocycles. The first kappa shape index (κ1) is 19.9. The van der Waals surface area contributed by atoms with Crippen LogP contribution in [0.1, 0.15) is 10.4 Å². The summed E-state index contributed by atoms with van der Waals surface area (Å²) in [6.07, 6.45) is 3.81. The van der Waals surface area contributed by atoms with Gasteiger partial charge in [-0.05, 0) is 35.4 Å². The number of nitrogens with zero attached hydrogens (tertiary/aromatic N) is 2. The van der Waals surface area contributed by atoms with Gasteiger partial charge in [-0.2, -0.15) is 0 Å². The van der Waals surface area contributed by atoms with Crippen LogP contribution in [0, 0.1) is 5.82 Å². The third-order valence-corrected chi connectivity index (χ3v) is 6.75. The molecule has 4 rings (SSSR count). The lowest BCUT2D eigenvalue weighted by molar-refractivity contribution is 0.112. The predicted molar refractivity (Wildman–Crippen MR) is 113 cm³/mol. The van der Waals surface area contributed by atoms with E-state index in [-0.39, 0.29) is 10.5 Å². The maximum Gasteiger partial charge on any atom is 0.242 e. The first-order chi connectivity index (χ1) is 14.3. The van der Waals surface area contributed by atoms with Gasteiger partial charge in [-0.3, -0.25) is 4.79 Å². The second kappa shape index (κ2) is 7.47. The quantitative estimate of drug-likeness (QED) is 0.490. The molecule has 0 atom stereocenters. The summed E-state index contributed by atoms with van der Waals surface area (Å²) in [5, 5.41) is 0.696. The lowest BCUT2D eigenvalue weighted by atomic mass is 9.98. The molecular weight excluding hydrogens is 405 g/mol. The molecule has 0 aliphatic heterocycles. The smallest absolute Gasteiger partial charge is 0.242 e. The Hall–Kier alpha value is -3.36. The van der Waals surface area contributed by atoms with Crippen molar-refractivity contribution in [1.82, 2.24) is 14.3 Å². The summed E-state index contributed by atoms with van der Waals surface area (Å²) >= 11 is 0. The topological polar surface area (TPSA) is 83.1 Å². The Labute approximate surface area is 173 Å². The van der Waals surface area contributed by atoms with E-state index in [2.05, 4.69) is 9.97 Å². The zero-order chi connectivity index (χ0) is 21.5. The molecule has 30 heavy (non-hydrogen) atoms. The minimum Gasteiger partial charge on any atom is -0.346 e. The van der Waals surface area contributed by atoms with Crippen molar-refractivity contribution in [2.75, 3.05) is 14.1 Å². The van der Waals surface area contributed by atoms with E-state index in [0.29, 0.717) is 39.6 Å². The highest BCUT2D eigenvalue weighted by Gasteiger charge is 2.18. The van der Waals surface area contributed by atoms with E-state index in [0.717, 1.165) is 4.31 Å². The second-order valence-electron chi connectivity index (χ2n) is 6.96. The van der Waals surface area contributed by atoms with Crippen LogP contribution in [-0.4, -0.2) is 43.1 Å². The van der Waals surface area contributed by atoms with Gasteiger partial charge in [0.25, 0.3) is 0 Å². The molecule has 8 heteroatoms. The Morgan fingerprint density at radius 1 is 1.03 bits per heavy atom. The number of halogens is 1. The lowest BCUT2D eigenvalue weighted by Crippen LogP contribution is -2.22. The lowest BCUT2D eigenvalue weighted by Gasteiger charge is -2.12. The molecule has 4 aromatic rings. The van der Waals surface area contributed by atoms with Crippen molar-refractivity contribution >= 4 is 27.3 Å². The zero-order valence-electron chi connectivity index (χ0n) is 16.3. The summed E-state index contributed by atoms with van der Waals surface area (Å²) in [7, 11) is -0.623. The molecule has 0 amide bonds. The summed E-state index contributed by atoms with van der Waals surface area (Å²) in [5.41, 5.74) is 3.02. The van der Waals surface area contributed by atoms with Gasteiger partial charge in [0.1, 0.15) is 11.5 Å². The maximum atomic E-state index is 14.1.